The summed E-state index contributed by atoms with van der Waals surface area (Å²) in [6.07, 6.45) is 1.96. The standard InChI is InChI=1S/C22H25Cl2NO2/c1-14(13-25(3)15(2)21(26)27)22(17-5-8-18(23)9-6-17)11-10-16-4-7-19(24)12-20(16)22/h4-9,12,14-15H,10-11,13H2,1-3H3,(H,26,27)/t14-,15?,22+/m1/s1. The lowest BCUT2D eigenvalue weighted by atomic mass is 9.67. The lowest BCUT2D eigenvalue weighted by Crippen LogP contribution is -2.44. The predicted octanol–water partition coefficient (Wildman–Crippen LogP) is 5.27. The van der Waals surface area contributed by atoms with Crippen LogP contribution < -0.4 is 0 Å². The van der Waals surface area contributed by atoms with E-state index in [0.717, 1.165) is 17.9 Å². The van der Waals surface area contributed by atoms with Crippen LogP contribution in [-0.4, -0.2) is 35.6 Å². The van der Waals surface area contributed by atoms with Crippen molar-refractivity contribution in [2.45, 2.75) is 38.1 Å². The van der Waals surface area contributed by atoms with Gasteiger partial charge in [-0.05, 0) is 73.7 Å². The van der Waals surface area contributed by atoms with Gasteiger partial charge in [-0.2, -0.15) is 0 Å². The van der Waals surface area contributed by atoms with Crippen LogP contribution in [0.1, 0.15) is 37.0 Å². The summed E-state index contributed by atoms with van der Waals surface area (Å²) in [5.74, 6) is -0.606. The maximum absolute atomic E-state index is 11.4. The van der Waals surface area contributed by atoms with Crippen molar-refractivity contribution in [3.63, 3.8) is 0 Å². The van der Waals surface area contributed by atoms with E-state index in [1.165, 1.54) is 16.7 Å². The summed E-state index contributed by atoms with van der Waals surface area (Å²) >= 11 is 12.5. The van der Waals surface area contributed by atoms with Crippen LogP contribution >= 0.6 is 23.2 Å². The van der Waals surface area contributed by atoms with Crippen molar-refractivity contribution in [3.05, 3.63) is 69.2 Å². The highest BCUT2D eigenvalue weighted by molar-refractivity contribution is 6.31. The van der Waals surface area contributed by atoms with Crippen molar-refractivity contribution < 1.29 is 9.90 Å². The molecule has 5 heteroatoms. The van der Waals surface area contributed by atoms with Crippen LogP contribution in [0.2, 0.25) is 10.0 Å². The maximum Gasteiger partial charge on any atom is 0.320 e. The fraction of sp³-hybridized carbons (Fsp3) is 0.409. The van der Waals surface area contributed by atoms with E-state index in [2.05, 4.69) is 31.2 Å². The van der Waals surface area contributed by atoms with E-state index in [9.17, 15) is 9.90 Å². The Kier molecular flexibility index (Phi) is 5.85. The summed E-state index contributed by atoms with van der Waals surface area (Å²) in [5, 5.41) is 10.8. The van der Waals surface area contributed by atoms with Crippen LogP contribution in [0.5, 0.6) is 0 Å². The van der Waals surface area contributed by atoms with E-state index in [0.29, 0.717) is 11.6 Å². The van der Waals surface area contributed by atoms with Crippen LogP contribution in [0.25, 0.3) is 0 Å². The molecule has 2 aromatic carbocycles. The minimum atomic E-state index is -0.805. The minimum absolute atomic E-state index is 0.199. The summed E-state index contributed by atoms with van der Waals surface area (Å²) in [6, 6.07) is 13.7. The van der Waals surface area contributed by atoms with Crippen molar-refractivity contribution in [1.29, 1.82) is 0 Å². The summed E-state index contributed by atoms with van der Waals surface area (Å²) in [7, 11) is 1.87. The number of carboxylic acids is 1. The van der Waals surface area contributed by atoms with E-state index >= 15 is 0 Å². The third-order valence-corrected chi connectivity index (χ3v) is 6.61. The summed E-state index contributed by atoms with van der Waals surface area (Å²) in [4.78, 5) is 13.3. The Bertz CT molecular complexity index is 837. The van der Waals surface area contributed by atoms with Gasteiger partial charge in [0.1, 0.15) is 6.04 Å². The van der Waals surface area contributed by atoms with Crippen LogP contribution in [0.15, 0.2) is 42.5 Å². The smallest absolute Gasteiger partial charge is 0.320 e. The number of likely N-dealkylation sites (N-methyl/N-ethyl adjacent to an activating group) is 1. The Morgan fingerprint density at radius 2 is 1.78 bits per heavy atom. The normalized spacial score (nSPS) is 21.1. The van der Waals surface area contributed by atoms with Gasteiger partial charge in [0.2, 0.25) is 0 Å². The van der Waals surface area contributed by atoms with Gasteiger partial charge in [0.15, 0.2) is 0 Å². The van der Waals surface area contributed by atoms with Gasteiger partial charge in [0, 0.05) is 22.0 Å². The number of halogens is 2. The van der Waals surface area contributed by atoms with Gasteiger partial charge in [-0.3, -0.25) is 9.69 Å². The molecule has 27 heavy (non-hydrogen) atoms. The zero-order valence-electron chi connectivity index (χ0n) is 15.9. The van der Waals surface area contributed by atoms with Crippen LogP contribution in [0.4, 0.5) is 0 Å². The largest absolute Gasteiger partial charge is 0.480 e. The number of carbonyl (C=O) groups is 1. The lowest BCUT2D eigenvalue weighted by molar-refractivity contribution is -0.142. The number of benzene rings is 2. The highest BCUT2D eigenvalue weighted by Gasteiger charge is 2.45. The van der Waals surface area contributed by atoms with Gasteiger partial charge in [0.05, 0.1) is 0 Å². The van der Waals surface area contributed by atoms with Crippen molar-refractivity contribution in [1.82, 2.24) is 4.90 Å². The molecule has 1 unspecified atom stereocenters. The number of fused-ring (bicyclic) bond motifs is 1. The minimum Gasteiger partial charge on any atom is -0.480 e. The Morgan fingerprint density at radius 1 is 1.15 bits per heavy atom. The first-order chi connectivity index (χ1) is 12.8. The molecular formula is C22H25Cl2NO2. The van der Waals surface area contributed by atoms with E-state index in [-0.39, 0.29) is 11.3 Å². The molecule has 0 aromatic heterocycles. The number of hydrogen-bond donors (Lipinski definition) is 1. The molecule has 0 aliphatic heterocycles. The molecule has 3 nitrogen and oxygen atoms in total. The molecule has 0 spiro atoms. The molecule has 3 atom stereocenters. The molecule has 144 valence electrons. The zero-order valence-corrected chi connectivity index (χ0v) is 17.4. The van der Waals surface area contributed by atoms with E-state index < -0.39 is 12.0 Å². The third-order valence-electron chi connectivity index (χ3n) is 6.12. The number of hydrogen-bond acceptors (Lipinski definition) is 2. The zero-order chi connectivity index (χ0) is 19.8. The predicted molar refractivity (Wildman–Crippen MR) is 111 cm³/mol. The molecule has 1 aliphatic rings. The summed E-state index contributed by atoms with van der Waals surface area (Å²) in [6.45, 7) is 4.60. The Balaban J connectivity index is 2.06. The molecule has 1 aliphatic carbocycles. The molecule has 0 amide bonds. The number of aryl methyl sites for hydroxylation is 1. The Morgan fingerprint density at radius 3 is 2.41 bits per heavy atom. The Labute approximate surface area is 170 Å². The van der Waals surface area contributed by atoms with Crippen molar-refractivity contribution in [3.8, 4) is 0 Å². The van der Waals surface area contributed by atoms with Crippen molar-refractivity contribution in [2.24, 2.45) is 5.92 Å². The summed E-state index contributed by atoms with van der Waals surface area (Å²) < 4.78 is 0. The second kappa shape index (κ2) is 7.83. The second-order valence-corrected chi connectivity index (χ2v) is 8.51. The second-order valence-electron chi connectivity index (χ2n) is 7.63. The molecule has 0 bridgehead atoms. The van der Waals surface area contributed by atoms with Crippen LogP contribution in [0.3, 0.4) is 0 Å². The molecule has 0 radical (unpaired) electrons. The van der Waals surface area contributed by atoms with Gasteiger partial charge in [-0.25, -0.2) is 0 Å². The SMILES string of the molecule is CC(C(=O)O)N(C)C[C@@H](C)[C@]1(c2ccc(Cl)cc2)CCc2ccc(Cl)cc21. The molecule has 1 N–H and O–H groups in total. The fourth-order valence-electron chi connectivity index (χ4n) is 4.43. The van der Waals surface area contributed by atoms with Crippen molar-refractivity contribution >= 4 is 29.2 Å². The molecular weight excluding hydrogens is 381 g/mol. The third kappa shape index (κ3) is 3.73. The first kappa shape index (κ1) is 20.2. The van der Waals surface area contributed by atoms with E-state index in [1.54, 1.807) is 6.92 Å². The van der Waals surface area contributed by atoms with Crippen molar-refractivity contribution in [2.75, 3.05) is 13.6 Å². The number of carboxylic acid groups (broad SMARTS) is 1. The number of nitrogens with zero attached hydrogens (tertiary/aromatic N) is 1. The maximum atomic E-state index is 11.4. The number of aliphatic carboxylic acids is 1. The average molecular weight is 406 g/mol. The van der Waals surface area contributed by atoms with E-state index in [4.69, 9.17) is 23.2 Å². The lowest BCUT2D eigenvalue weighted by Gasteiger charge is -2.40. The molecule has 0 saturated carbocycles. The first-order valence-corrected chi connectivity index (χ1v) is 9.99. The van der Waals surface area contributed by atoms with Crippen LogP contribution in [-0.2, 0) is 16.6 Å². The number of rotatable bonds is 6. The van der Waals surface area contributed by atoms with Gasteiger partial charge >= 0.3 is 5.97 Å². The molecule has 0 heterocycles. The fourth-order valence-corrected chi connectivity index (χ4v) is 4.72. The van der Waals surface area contributed by atoms with Gasteiger partial charge in [-0.15, -0.1) is 0 Å². The first-order valence-electron chi connectivity index (χ1n) is 9.23. The van der Waals surface area contributed by atoms with Gasteiger partial charge < -0.3 is 5.11 Å². The highest BCUT2D eigenvalue weighted by Crippen LogP contribution is 2.50. The van der Waals surface area contributed by atoms with Gasteiger partial charge in [-0.1, -0.05) is 48.3 Å². The molecule has 0 fully saturated rings. The van der Waals surface area contributed by atoms with Gasteiger partial charge in [0.25, 0.3) is 0 Å². The quantitative estimate of drug-likeness (QED) is 0.711. The summed E-state index contributed by atoms with van der Waals surface area (Å²) in [5.41, 5.74) is 3.56. The van der Waals surface area contributed by atoms with E-state index in [1.807, 2.05) is 30.1 Å². The average Bonchev–Trinajstić information content (AvgIpc) is 3.01. The topological polar surface area (TPSA) is 40.5 Å². The van der Waals surface area contributed by atoms with Crippen LogP contribution in [0, 0.1) is 5.92 Å². The Hall–Kier alpha value is -1.55. The molecule has 2 aromatic rings. The molecule has 3 rings (SSSR count). The monoisotopic (exact) mass is 405 g/mol. The highest BCUT2D eigenvalue weighted by atomic mass is 35.5. The molecule has 0 saturated heterocycles.